The van der Waals surface area contributed by atoms with E-state index in [4.69, 9.17) is 5.73 Å². The molecule has 5 aromatic rings. The van der Waals surface area contributed by atoms with Crippen molar-refractivity contribution in [1.29, 1.82) is 0 Å². The van der Waals surface area contributed by atoms with E-state index in [0.29, 0.717) is 55.2 Å². The standard InChI is InChI=1S/C45H49N11O6S2/c1-29(52-43(61)32-13-15-34(16-14-32)50-26-35-27-51-42-41(53-35)44(62)55-45(46)54-42)10-17-37(57)47-21-22-48-39(59)20-24-63-64-25-23-49-38(58)18-19-40(60)56-28-33-8-3-2-6-30(33)11-12-31-7-4-5-9-36(31)56/h2-9,13-16,27,29,50H,10,17-26,28H2,1H3,(H,47,57)(H,48,59)(H,49,58)(H,52,61)(H3,46,51,54,55,62)/t29-/m1/s1. The Balaban J connectivity index is 0.763. The Morgan fingerprint density at radius 1 is 0.797 bits per heavy atom. The van der Waals surface area contributed by atoms with E-state index in [1.165, 1.54) is 17.0 Å². The van der Waals surface area contributed by atoms with Gasteiger partial charge in [0.25, 0.3) is 11.5 Å². The number of nitrogen functional groups attached to an aromatic ring is 1. The van der Waals surface area contributed by atoms with Crippen molar-refractivity contribution in [3.05, 3.63) is 117 Å². The van der Waals surface area contributed by atoms with Gasteiger partial charge in [0, 0.05) is 85.2 Å². The quantitative estimate of drug-likeness (QED) is 0.0316. The summed E-state index contributed by atoms with van der Waals surface area (Å²) in [5.74, 6) is 6.67. The average Bonchev–Trinajstić information content (AvgIpc) is 3.29. The molecule has 1 aliphatic heterocycles. The molecule has 2 aromatic heterocycles. The molecule has 0 unspecified atom stereocenters. The molecule has 0 spiro atoms. The third-order valence-corrected chi connectivity index (χ3v) is 12.2. The van der Waals surface area contributed by atoms with Gasteiger partial charge in [0.2, 0.25) is 29.6 Å². The van der Waals surface area contributed by atoms with Crippen LogP contribution in [0.25, 0.3) is 11.2 Å². The summed E-state index contributed by atoms with van der Waals surface area (Å²) in [5.41, 5.74) is 10.4. The van der Waals surface area contributed by atoms with E-state index in [2.05, 4.69) is 58.4 Å². The topological polar surface area (TPSA) is 246 Å². The van der Waals surface area contributed by atoms with Crippen molar-refractivity contribution in [3.8, 4) is 11.8 Å². The van der Waals surface area contributed by atoms with Crippen molar-refractivity contribution < 1.29 is 24.0 Å². The molecule has 0 aliphatic carbocycles. The SMILES string of the molecule is C[C@H](CCC(=O)NCCNC(=O)CCSSCCNC(=O)CCC(=O)N1Cc2ccccc2C#Cc2ccccc21)NC(=O)c1ccc(NCc2cnc3nc(N)[nH]c(=O)c3n2)cc1. The number of para-hydroxylation sites is 1. The monoisotopic (exact) mass is 903 g/mol. The van der Waals surface area contributed by atoms with Gasteiger partial charge in [0.1, 0.15) is 0 Å². The van der Waals surface area contributed by atoms with Crippen LogP contribution in [0.5, 0.6) is 0 Å². The number of nitrogens with one attached hydrogen (secondary N) is 6. The molecule has 19 heteroatoms. The Kier molecular flexibility index (Phi) is 17.1. The maximum absolute atomic E-state index is 13.4. The minimum absolute atomic E-state index is 0.0335. The van der Waals surface area contributed by atoms with Gasteiger partial charge in [-0.05, 0) is 61.4 Å². The largest absolute Gasteiger partial charge is 0.379 e. The highest BCUT2D eigenvalue weighted by Gasteiger charge is 2.22. The highest BCUT2D eigenvalue weighted by molar-refractivity contribution is 8.76. The van der Waals surface area contributed by atoms with Crippen molar-refractivity contribution in [3.63, 3.8) is 0 Å². The Bertz CT molecular complexity index is 2600. The molecule has 0 radical (unpaired) electrons. The molecular formula is C45H49N11O6S2. The second-order valence-corrected chi connectivity index (χ2v) is 17.4. The van der Waals surface area contributed by atoms with Crippen molar-refractivity contribution >= 4 is 79.6 Å². The molecule has 332 valence electrons. The van der Waals surface area contributed by atoms with Gasteiger partial charge in [-0.1, -0.05) is 63.8 Å². The van der Waals surface area contributed by atoms with Crippen molar-refractivity contribution in [2.75, 3.05) is 47.1 Å². The molecular weight excluding hydrogens is 855 g/mol. The third-order valence-electron chi connectivity index (χ3n) is 9.80. The summed E-state index contributed by atoms with van der Waals surface area (Å²) >= 11 is 0. The van der Waals surface area contributed by atoms with Gasteiger partial charge in [-0.25, -0.2) is 9.97 Å². The number of hydrogen-bond acceptors (Lipinski definition) is 13. The zero-order valence-corrected chi connectivity index (χ0v) is 36.8. The molecule has 0 saturated heterocycles. The highest BCUT2D eigenvalue weighted by atomic mass is 33.1. The second-order valence-electron chi connectivity index (χ2n) is 14.7. The summed E-state index contributed by atoms with van der Waals surface area (Å²) in [6.07, 6.45) is 2.60. The van der Waals surface area contributed by atoms with Crippen LogP contribution in [0.15, 0.2) is 83.8 Å². The maximum atomic E-state index is 13.4. The lowest BCUT2D eigenvalue weighted by Gasteiger charge is -2.26. The molecule has 0 bridgehead atoms. The number of nitrogens with zero attached hydrogens (tertiary/aromatic N) is 4. The number of aromatic nitrogens is 4. The Hall–Kier alpha value is -6.91. The van der Waals surface area contributed by atoms with Gasteiger partial charge >= 0.3 is 0 Å². The van der Waals surface area contributed by atoms with Crippen LogP contribution in [0.4, 0.5) is 17.3 Å². The van der Waals surface area contributed by atoms with Crippen LogP contribution in [0.2, 0.25) is 0 Å². The van der Waals surface area contributed by atoms with Gasteiger partial charge in [0.15, 0.2) is 11.2 Å². The number of rotatable bonds is 21. The van der Waals surface area contributed by atoms with Crippen LogP contribution >= 0.6 is 21.6 Å². The minimum Gasteiger partial charge on any atom is -0.379 e. The van der Waals surface area contributed by atoms with Crippen LogP contribution in [-0.2, 0) is 32.3 Å². The van der Waals surface area contributed by atoms with Crippen LogP contribution in [-0.4, -0.2) is 86.7 Å². The number of carbonyl (C=O) groups excluding carboxylic acids is 5. The summed E-state index contributed by atoms with van der Waals surface area (Å²) in [5, 5.41) is 14.5. The Labute approximate surface area is 377 Å². The van der Waals surface area contributed by atoms with Crippen LogP contribution < -0.4 is 42.8 Å². The highest BCUT2D eigenvalue weighted by Crippen LogP contribution is 2.26. The average molecular weight is 904 g/mol. The number of fused-ring (bicyclic) bond motifs is 3. The molecule has 3 heterocycles. The third kappa shape index (κ3) is 14.1. The van der Waals surface area contributed by atoms with Crippen molar-refractivity contribution in [1.82, 2.24) is 41.2 Å². The van der Waals surface area contributed by atoms with E-state index in [-0.39, 0.29) is 85.0 Å². The molecule has 6 rings (SSSR count). The molecule has 0 fully saturated rings. The van der Waals surface area contributed by atoms with E-state index in [1.54, 1.807) is 40.0 Å². The van der Waals surface area contributed by atoms with Gasteiger partial charge in [-0.3, -0.25) is 33.8 Å². The van der Waals surface area contributed by atoms with E-state index >= 15 is 0 Å². The van der Waals surface area contributed by atoms with Crippen molar-refractivity contribution in [2.24, 2.45) is 0 Å². The fourth-order valence-electron chi connectivity index (χ4n) is 6.43. The number of aromatic amines is 1. The zero-order chi connectivity index (χ0) is 45.3. The van der Waals surface area contributed by atoms with Gasteiger partial charge in [-0.2, -0.15) is 4.98 Å². The first-order valence-corrected chi connectivity index (χ1v) is 23.2. The van der Waals surface area contributed by atoms with Gasteiger partial charge < -0.3 is 37.2 Å². The van der Waals surface area contributed by atoms with Crippen LogP contribution in [0, 0.1) is 11.8 Å². The van der Waals surface area contributed by atoms with Crippen molar-refractivity contribution in [2.45, 2.75) is 58.2 Å². The zero-order valence-electron chi connectivity index (χ0n) is 35.2. The smallest absolute Gasteiger partial charge is 0.280 e. The number of anilines is 3. The fraction of sp³-hybridized carbons (Fsp3) is 0.311. The number of hydrogen-bond donors (Lipinski definition) is 7. The predicted octanol–water partition coefficient (Wildman–Crippen LogP) is 3.65. The van der Waals surface area contributed by atoms with E-state index in [0.717, 1.165) is 28.1 Å². The first kappa shape index (κ1) is 46.6. The number of H-pyrrole nitrogens is 1. The lowest BCUT2D eigenvalue weighted by atomic mass is 10.0. The normalized spacial score (nSPS) is 12.0. The summed E-state index contributed by atoms with van der Waals surface area (Å²) in [4.78, 5) is 92.0. The Morgan fingerprint density at radius 3 is 2.27 bits per heavy atom. The lowest BCUT2D eigenvalue weighted by molar-refractivity contribution is -0.125. The molecule has 17 nitrogen and oxygen atoms in total. The lowest BCUT2D eigenvalue weighted by Crippen LogP contribution is -2.36. The second kappa shape index (κ2) is 23.5. The summed E-state index contributed by atoms with van der Waals surface area (Å²) < 4.78 is 0. The Morgan fingerprint density at radius 2 is 1.47 bits per heavy atom. The molecule has 0 saturated carbocycles. The number of carbonyl (C=O) groups is 5. The summed E-state index contributed by atoms with van der Waals surface area (Å²) in [6.45, 7) is 3.51. The fourth-order valence-corrected chi connectivity index (χ4v) is 8.33. The minimum atomic E-state index is -0.473. The molecule has 64 heavy (non-hydrogen) atoms. The molecule has 1 atom stereocenters. The maximum Gasteiger partial charge on any atom is 0.280 e. The predicted molar refractivity (Wildman–Crippen MR) is 250 cm³/mol. The molecule has 8 N–H and O–H groups in total. The van der Waals surface area contributed by atoms with Crippen LogP contribution in [0.3, 0.4) is 0 Å². The molecule has 1 aliphatic rings. The first-order valence-electron chi connectivity index (χ1n) is 20.7. The van der Waals surface area contributed by atoms with E-state index in [9.17, 15) is 28.8 Å². The first-order chi connectivity index (χ1) is 31.0. The number of amides is 5. The molecule has 5 amide bonds. The summed E-state index contributed by atoms with van der Waals surface area (Å²) in [7, 11) is 3.08. The molecule has 3 aromatic carbocycles. The van der Waals surface area contributed by atoms with Gasteiger partial charge in [-0.15, -0.1) is 0 Å². The van der Waals surface area contributed by atoms with E-state index < -0.39 is 5.56 Å². The van der Waals surface area contributed by atoms with Gasteiger partial charge in [0.05, 0.1) is 30.7 Å². The number of benzene rings is 3. The van der Waals surface area contributed by atoms with E-state index in [1.807, 2.05) is 55.5 Å². The summed E-state index contributed by atoms with van der Waals surface area (Å²) in [6, 6.07) is 21.9. The number of nitrogens with two attached hydrogens (primary N) is 1. The van der Waals surface area contributed by atoms with Crippen LogP contribution in [0.1, 0.15) is 71.8 Å².